The largest absolute Gasteiger partial charge is 0.480 e. The lowest BCUT2D eigenvalue weighted by Crippen LogP contribution is -2.17. The highest BCUT2D eigenvalue weighted by atomic mass is 35.5. The molecule has 0 spiro atoms. The van der Waals surface area contributed by atoms with E-state index in [1.165, 1.54) is 12.1 Å². The Morgan fingerprint density at radius 2 is 1.71 bits per heavy atom. The zero-order valence-electron chi connectivity index (χ0n) is 8.34. The second-order valence-electron chi connectivity index (χ2n) is 2.83. The lowest BCUT2D eigenvalue weighted by molar-refractivity contribution is -0.157. The zero-order valence-corrected chi connectivity index (χ0v) is 10.6. The summed E-state index contributed by atoms with van der Waals surface area (Å²) in [5.41, 5.74) is 0. The molecule has 0 aliphatic carbocycles. The average Bonchev–Trinajstić information content (AvgIpc) is 2.20. The molecule has 0 unspecified atom stereocenters. The minimum absolute atomic E-state index is 0.162. The van der Waals surface area contributed by atoms with E-state index in [1.807, 2.05) is 0 Å². The van der Waals surface area contributed by atoms with Gasteiger partial charge in [-0.1, -0.05) is 34.8 Å². The maximum Gasteiger partial charge on any atom is 0.351 e. The predicted molar refractivity (Wildman–Crippen MR) is 63.4 cm³/mol. The Bertz CT molecular complexity index is 459. The van der Waals surface area contributed by atoms with Gasteiger partial charge in [0.1, 0.15) is 5.75 Å². The molecule has 0 bridgehead atoms. The van der Waals surface area contributed by atoms with Crippen LogP contribution in [0.25, 0.3) is 0 Å². The predicted octanol–water partition coefficient (Wildman–Crippen LogP) is 2.93. The standard InChI is InChI=1S/C10H6Cl3O4/c1-5(14)17-10(15)4-16-9-3-7(12)6(11)2-8(9)13/h2-3H,1,4H2. The van der Waals surface area contributed by atoms with Gasteiger partial charge in [-0.15, -0.1) is 0 Å². The fourth-order valence-corrected chi connectivity index (χ4v) is 1.50. The smallest absolute Gasteiger partial charge is 0.351 e. The van der Waals surface area contributed by atoms with Crippen molar-refractivity contribution in [3.8, 4) is 5.75 Å². The molecule has 1 rings (SSSR count). The van der Waals surface area contributed by atoms with Crippen LogP contribution < -0.4 is 4.74 Å². The highest BCUT2D eigenvalue weighted by molar-refractivity contribution is 6.43. The average molecular weight is 297 g/mol. The van der Waals surface area contributed by atoms with E-state index in [-0.39, 0.29) is 20.8 Å². The summed E-state index contributed by atoms with van der Waals surface area (Å²) in [5.74, 6) is -1.68. The van der Waals surface area contributed by atoms with Crippen LogP contribution in [-0.2, 0) is 14.3 Å². The van der Waals surface area contributed by atoms with E-state index in [9.17, 15) is 9.59 Å². The third kappa shape index (κ3) is 4.42. The summed E-state index contributed by atoms with van der Waals surface area (Å²) in [6.45, 7) is 2.39. The number of benzene rings is 1. The van der Waals surface area contributed by atoms with Gasteiger partial charge in [0.05, 0.1) is 22.0 Å². The second kappa shape index (κ2) is 6.10. The zero-order chi connectivity index (χ0) is 13.0. The van der Waals surface area contributed by atoms with E-state index in [4.69, 9.17) is 39.5 Å². The summed E-state index contributed by atoms with van der Waals surface area (Å²) in [4.78, 5) is 21.3. The number of ether oxygens (including phenoxy) is 2. The summed E-state index contributed by atoms with van der Waals surface area (Å²) in [7, 11) is 0. The Balaban J connectivity index is 2.66. The van der Waals surface area contributed by atoms with E-state index >= 15 is 0 Å². The van der Waals surface area contributed by atoms with Crippen LogP contribution in [-0.4, -0.2) is 18.5 Å². The van der Waals surface area contributed by atoms with Crippen molar-refractivity contribution in [1.82, 2.24) is 0 Å². The summed E-state index contributed by atoms with van der Waals surface area (Å²) in [6, 6.07) is 2.73. The van der Waals surface area contributed by atoms with E-state index < -0.39 is 18.5 Å². The van der Waals surface area contributed by atoms with Gasteiger partial charge in [-0.25, -0.2) is 4.79 Å². The molecular weight excluding hydrogens is 290 g/mol. The lowest BCUT2D eigenvalue weighted by Gasteiger charge is -2.08. The van der Waals surface area contributed by atoms with Crippen molar-refractivity contribution in [2.75, 3.05) is 6.61 Å². The molecule has 0 aliphatic rings. The highest BCUT2D eigenvalue weighted by Crippen LogP contribution is 2.33. The van der Waals surface area contributed by atoms with Crippen molar-refractivity contribution >= 4 is 46.7 Å². The van der Waals surface area contributed by atoms with Gasteiger partial charge in [-0.2, -0.15) is 0 Å². The molecule has 91 valence electrons. The van der Waals surface area contributed by atoms with Gasteiger partial charge in [-0.3, -0.25) is 4.79 Å². The molecular formula is C10H6Cl3O4. The van der Waals surface area contributed by atoms with Crippen molar-refractivity contribution in [1.29, 1.82) is 0 Å². The van der Waals surface area contributed by atoms with Gasteiger partial charge in [0.25, 0.3) is 0 Å². The fraction of sp³-hybridized carbons (Fsp3) is 0.100. The first-order chi connectivity index (χ1) is 7.90. The normalized spacial score (nSPS) is 9.88. The van der Waals surface area contributed by atoms with Crippen molar-refractivity contribution in [2.24, 2.45) is 0 Å². The molecule has 7 heteroatoms. The molecule has 0 aliphatic heterocycles. The molecule has 0 saturated carbocycles. The van der Waals surface area contributed by atoms with Crippen LogP contribution in [0.15, 0.2) is 12.1 Å². The number of carbonyl (C=O) groups is 2. The van der Waals surface area contributed by atoms with Crippen molar-refractivity contribution in [3.05, 3.63) is 34.1 Å². The number of carbonyl (C=O) groups excluding carboxylic acids is 2. The number of esters is 2. The third-order valence-electron chi connectivity index (χ3n) is 1.55. The molecule has 0 N–H and O–H groups in total. The van der Waals surface area contributed by atoms with Gasteiger partial charge in [-0.05, 0) is 6.07 Å². The highest BCUT2D eigenvalue weighted by Gasteiger charge is 2.11. The van der Waals surface area contributed by atoms with Crippen molar-refractivity contribution in [2.45, 2.75) is 0 Å². The topological polar surface area (TPSA) is 52.6 Å². The Kier molecular flexibility index (Phi) is 5.05. The monoisotopic (exact) mass is 295 g/mol. The van der Waals surface area contributed by atoms with Crippen LogP contribution in [0.5, 0.6) is 5.75 Å². The van der Waals surface area contributed by atoms with Gasteiger partial charge >= 0.3 is 11.9 Å². The Morgan fingerprint density at radius 1 is 1.12 bits per heavy atom. The molecule has 0 atom stereocenters. The first kappa shape index (κ1) is 14.1. The van der Waals surface area contributed by atoms with Crippen LogP contribution in [0.2, 0.25) is 15.1 Å². The molecule has 0 saturated heterocycles. The third-order valence-corrected chi connectivity index (χ3v) is 2.57. The lowest BCUT2D eigenvalue weighted by atomic mass is 10.3. The fourth-order valence-electron chi connectivity index (χ4n) is 0.908. The van der Waals surface area contributed by atoms with Crippen LogP contribution in [0, 0.1) is 6.92 Å². The minimum atomic E-state index is -0.959. The van der Waals surface area contributed by atoms with Crippen molar-refractivity contribution in [3.63, 3.8) is 0 Å². The Labute approximate surface area is 112 Å². The van der Waals surface area contributed by atoms with E-state index in [0.29, 0.717) is 0 Å². The quantitative estimate of drug-likeness (QED) is 0.489. The molecule has 1 aromatic carbocycles. The molecule has 17 heavy (non-hydrogen) atoms. The molecule has 0 amide bonds. The first-order valence-corrected chi connectivity index (χ1v) is 5.37. The second-order valence-corrected chi connectivity index (χ2v) is 4.05. The van der Waals surface area contributed by atoms with Crippen molar-refractivity contribution < 1.29 is 19.1 Å². The maximum absolute atomic E-state index is 11.0. The van der Waals surface area contributed by atoms with Crippen LogP contribution in [0.4, 0.5) is 0 Å². The number of hydrogen-bond donors (Lipinski definition) is 0. The SMILES string of the molecule is [CH2]C(=O)OC(=O)COc1cc(Cl)c(Cl)cc1Cl. The van der Waals surface area contributed by atoms with Gasteiger partial charge in [0.2, 0.25) is 0 Å². The summed E-state index contributed by atoms with van der Waals surface area (Å²) in [5, 5.41) is 0.681. The first-order valence-electron chi connectivity index (χ1n) is 4.24. The summed E-state index contributed by atoms with van der Waals surface area (Å²) < 4.78 is 9.16. The van der Waals surface area contributed by atoms with Gasteiger partial charge in [0, 0.05) is 6.07 Å². The van der Waals surface area contributed by atoms with E-state index in [2.05, 4.69) is 11.7 Å². The van der Waals surface area contributed by atoms with E-state index in [0.717, 1.165) is 0 Å². The van der Waals surface area contributed by atoms with Crippen LogP contribution >= 0.6 is 34.8 Å². The molecule has 0 heterocycles. The maximum atomic E-state index is 11.0. The molecule has 1 aromatic rings. The molecule has 4 nitrogen and oxygen atoms in total. The van der Waals surface area contributed by atoms with Crippen LogP contribution in [0.1, 0.15) is 0 Å². The summed E-state index contributed by atoms with van der Waals surface area (Å²) in [6.07, 6.45) is 0. The number of hydrogen-bond acceptors (Lipinski definition) is 4. The van der Waals surface area contributed by atoms with Gasteiger partial charge in [0.15, 0.2) is 6.61 Å². The Morgan fingerprint density at radius 3 is 2.29 bits per heavy atom. The Hall–Kier alpha value is -0.970. The summed E-state index contributed by atoms with van der Waals surface area (Å²) >= 11 is 17.2. The minimum Gasteiger partial charge on any atom is -0.480 e. The molecule has 0 aromatic heterocycles. The number of rotatable bonds is 3. The van der Waals surface area contributed by atoms with Gasteiger partial charge < -0.3 is 9.47 Å². The molecule has 1 radical (unpaired) electrons. The van der Waals surface area contributed by atoms with E-state index in [1.54, 1.807) is 0 Å². The number of halogens is 3. The molecule has 0 fully saturated rings. The van der Waals surface area contributed by atoms with Crippen LogP contribution in [0.3, 0.4) is 0 Å².